The highest BCUT2D eigenvalue weighted by molar-refractivity contribution is 5.61. The van der Waals surface area contributed by atoms with Crippen molar-refractivity contribution in [3.63, 3.8) is 0 Å². The van der Waals surface area contributed by atoms with Crippen molar-refractivity contribution in [2.45, 2.75) is 59.2 Å². The summed E-state index contributed by atoms with van der Waals surface area (Å²) >= 11 is 0. The topological polar surface area (TPSA) is 72.1 Å². The molecule has 3 aromatic rings. The minimum Gasteiger partial charge on any atom is -0.388 e. The second-order valence-electron chi connectivity index (χ2n) is 8.54. The molecule has 0 saturated carbocycles. The Hall–Kier alpha value is -2.93. The first kappa shape index (κ1) is 21.3. The van der Waals surface area contributed by atoms with Crippen LogP contribution in [0.25, 0.3) is 5.69 Å². The van der Waals surface area contributed by atoms with Crippen LogP contribution in [0.15, 0.2) is 41.2 Å². The lowest BCUT2D eigenvalue weighted by molar-refractivity contribution is 0.264. The van der Waals surface area contributed by atoms with E-state index in [4.69, 9.17) is 0 Å². The summed E-state index contributed by atoms with van der Waals surface area (Å²) in [5, 5.41) is 17.2. The fourth-order valence-electron chi connectivity index (χ4n) is 4.64. The lowest BCUT2D eigenvalue weighted by atomic mass is 9.77. The first-order valence-corrected chi connectivity index (χ1v) is 10.8. The number of benzene rings is 2. The van der Waals surface area contributed by atoms with Crippen molar-refractivity contribution in [2.24, 2.45) is 5.92 Å². The van der Waals surface area contributed by atoms with E-state index in [1.54, 1.807) is 13.0 Å². The molecule has 2 heterocycles. The molecule has 6 nitrogen and oxygen atoms in total. The van der Waals surface area contributed by atoms with E-state index in [1.165, 1.54) is 21.8 Å². The molecule has 4 rings (SSSR count). The molecule has 0 radical (unpaired) electrons. The highest BCUT2D eigenvalue weighted by atomic mass is 19.1. The predicted molar refractivity (Wildman–Crippen MR) is 119 cm³/mol. The van der Waals surface area contributed by atoms with Gasteiger partial charge >= 0.3 is 5.69 Å². The third kappa shape index (κ3) is 3.67. The van der Waals surface area contributed by atoms with Crippen molar-refractivity contribution in [1.82, 2.24) is 14.3 Å². The fraction of sp³-hybridized carbons (Fsp3) is 0.417. The molecular formula is C24H29FN4O2. The normalized spacial score (nSPS) is 18.2. The van der Waals surface area contributed by atoms with Gasteiger partial charge in [0.1, 0.15) is 12.3 Å². The smallest absolute Gasteiger partial charge is 0.350 e. The predicted octanol–water partition coefficient (Wildman–Crippen LogP) is 4.29. The summed E-state index contributed by atoms with van der Waals surface area (Å²) < 4.78 is 17.6. The summed E-state index contributed by atoms with van der Waals surface area (Å²) in [6.45, 7) is 8.20. The zero-order chi connectivity index (χ0) is 22.3. The van der Waals surface area contributed by atoms with Gasteiger partial charge in [0, 0.05) is 12.2 Å². The number of fused-ring (bicyclic) bond motifs is 1. The molecule has 0 saturated heterocycles. The molecule has 31 heavy (non-hydrogen) atoms. The Labute approximate surface area is 181 Å². The lowest BCUT2D eigenvalue weighted by Crippen LogP contribution is -2.27. The average Bonchev–Trinajstić information content (AvgIpc) is 3.07. The Morgan fingerprint density at radius 3 is 2.61 bits per heavy atom. The van der Waals surface area contributed by atoms with Crippen LogP contribution in [-0.4, -0.2) is 19.5 Å². The number of nitrogens with zero attached hydrogens (tertiary/aromatic N) is 3. The third-order valence-corrected chi connectivity index (χ3v) is 6.33. The number of anilines is 1. The second kappa shape index (κ2) is 8.30. The number of hydrogen-bond acceptors (Lipinski definition) is 4. The number of nitrogens with one attached hydrogen (secondary N) is 1. The van der Waals surface area contributed by atoms with Crippen molar-refractivity contribution in [3.05, 3.63) is 75.2 Å². The standard InChI is InChI=1S/C24H29FN4O2/c1-5-28-23(13-30)27-29(24(28)31)22-11-18-17(14(2)3)10-20(26-21(18)12-19(22)25)16-9-7-6-8-15(16)4/h6-9,11-12,14,17,20,26,30H,5,10,13H2,1-4H3. The van der Waals surface area contributed by atoms with Crippen LogP contribution >= 0.6 is 0 Å². The minimum absolute atomic E-state index is 0.0920. The van der Waals surface area contributed by atoms with Gasteiger partial charge in [0.15, 0.2) is 11.6 Å². The van der Waals surface area contributed by atoms with Crippen molar-refractivity contribution in [2.75, 3.05) is 5.32 Å². The van der Waals surface area contributed by atoms with Crippen molar-refractivity contribution >= 4 is 5.69 Å². The first-order valence-electron chi connectivity index (χ1n) is 10.8. The van der Waals surface area contributed by atoms with E-state index in [-0.39, 0.29) is 30.1 Å². The quantitative estimate of drug-likeness (QED) is 0.641. The zero-order valence-corrected chi connectivity index (χ0v) is 18.4. The molecule has 1 aromatic heterocycles. The first-order chi connectivity index (χ1) is 14.8. The molecule has 2 unspecified atom stereocenters. The van der Waals surface area contributed by atoms with E-state index in [2.05, 4.69) is 43.3 Å². The minimum atomic E-state index is -0.522. The van der Waals surface area contributed by atoms with E-state index < -0.39 is 11.5 Å². The largest absolute Gasteiger partial charge is 0.388 e. The van der Waals surface area contributed by atoms with Crippen LogP contribution in [-0.2, 0) is 13.2 Å². The Bertz CT molecular complexity index is 1160. The number of aromatic nitrogens is 3. The Morgan fingerprint density at radius 2 is 2.00 bits per heavy atom. The Morgan fingerprint density at radius 1 is 1.26 bits per heavy atom. The van der Waals surface area contributed by atoms with Crippen LogP contribution in [0.1, 0.15) is 61.7 Å². The molecule has 2 N–H and O–H groups in total. The molecule has 164 valence electrons. The van der Waals surface area contributed by atoms with Gasteiger partial charge in [0.25, 0.3) is 0 Å². The van der Waals surface area contributed by atoms with Gasteiger partial charge in [-0.2, -0.15) is 4.68 Å². The Balaban J connectivity index is 1.83. The third-order valence-electron chi connectivity index (χ3n) is 6.33. The molecule has 0 fully saturated rings. The summed E-state index contributed by atoms with van der Waals surface area (Å²) in [7, 11) is 0. The molecule has 0 aliphatic carbocycles. The van der Waals surface area contributed by atoms with E-state index in [0.717, 1.165) is 22.4 Å². The summed E-state index contributed by atoms with van der Waals surface area (Å²) in [5.74, 6) is 0.236. The van der Waals surface area contributed by atoms with Crippen LogP contribution in [0.2, 0.25) is 0 Å². The maximum absolute atomic E-state index is 15.2. The molecule has 0 amide bonds. The maximum Gasteiger partial charge on any atom is 0.350 e. The van der Waals surface area contributed by atoms with E-state index in [1.807, 2.05) is 12.1 Å². The van der Waals surface area contributed by atoms with Crippen LogP contribution in [0.4, 0.5) is 10.1 Å². The molecule has 7 heteroatoms. The summed E-state index contributed by atoms with van der Waals surface area (Å²) in [6.07, 6.45) is 0.876. The van der Waals surface area contributed by atoms with Crippen LogP contribution in [0.5, 0.6) is 0 Å². The summed E-state index contributed by atoms with van der Waals surface area (Å²) in [4.78, 5) is 12.8. The van der Waals surface area contributed by atoms with Gasteiger partial charge in [0.05, 0.1) is 6.04 Å². The average molecular weight is 425 g/mol. The molecule has 2 atom stereocenters. The molecule has 1 aliphatic rings. The molecule has 2 aromatic carbocycles. The van der Waals surface area contributed by atoms with Gasteiger partial charge < -0.3 is 10.4 Å². The van der Waals surface area contributed by atoms with Gasteiger partial charge in [-0.1, -0.05) is 38.1 Å². The summed E-state index contributed by atoms with van der Waals surface area (Å²) in [6, 6.07) is 11.6. The number of aliphatic hydroxyl groups is 1. The lowest BCUT2D eigenvalue weighted by Gasteiger charge is -2.36. The van der Waals surface area contributed by atoms with Gasteiger partial charge in [-0.25, -0.2) is 9.18 Å². The molecular weight excluding hydrogens is 395 g/mol. The van der Waals surface area contributed by atoms with Crippen LogP contribution in [0, 0.1) is 18.7 Å². The van der Waals surface area contributed by atoms with E-state index in [9.17, 15) is 9.90 Å². The van der Waals surface area contributed by atoms with Crippen molar-refractivity contribution in [1.29, 1.82) is 0 Å². The Kier molecular flexibility index (Phi) is 5.71. The van der Waals surface area contributed by atoms with Crippen molar-refractivity contribution < 1.29 is 9.50 Å². The van der Waals surface area contributed by atoms with E-state index in [0.29, 0.717) is 12.5 Å². The maximum atomic E-state index is 15.2. The molecule has 0 bridgehead atoms. The van der Waals surface area contributed by atoms with Crippen molar-refractivity contribution in [3.8, 4) is 5.69 Å². The zero-order valence-electron chi connectivity index (χ0n) is 18.4. The molecule has 1 aliphatic heterocycles. The monoisotopic (exact) mass is 424 g/mol. The number of halogens is 1. The number of hydrogen-bond donors (Lipinski definition) is 2. The second-order valence-corrected chi connectivity index (χ2v) is 8.54. The van der Waals surface area contributed by atoms with Gasteiger partial charge in [-0.05, 0) is 60.9 Å². The number of rotatable bonds is 5. The summed E-state index contributed by atoms with van der Waals surface area (Å²) in [5.41, 5.74) is 3.83. The van der Waals surface area contributed by atoms with Crippen LogP contribution < -0.4 is 11.0 Å². The number of aliphatic hydroxyl groups excluding tert-OH is 1. The number of aryl methyl sites for hydroxylation is 1. The van der Waals surface area contributed by atoms with Crippen LogP contribution in [0.3, 0.4) is 0 Å². The van der Waals surface area contributed by atoms with Gasteiger partial charge in [-0.3, -0.25) is 4.57 Å². The van der Waals surface area contributed by atoms with E-state index >= 15 is 4.39 Å². The van der Waals surface area contributed by atoms with Gasteiger partial charge in [-0.15, -0.1) is 5.10 Å². The SMILES string of the molecule is CCn1c(CO)nn(-c2cc3c(cc2F)NC(c2ccccc2C)CC3C(C)C)c1=O. The fourth-order valence-corrected chi connectivity index (χ4v) is 4.64. The highest BCUT2D eigenvalue weighted by Crippen LogP contribution is 2.45. The molecule has 0 spiro atoms. The van der Waals surface area contributed by atoms with Gasteiger partial charge in [0.2, 0.25) is 0 Å². The highest BCUT2D eigenvalue weighted by Gasteiger charge is 2.32.